The topological polar surface area (TPSA) is 20.2 Å². The normalized spacial score (nSPS) is 16.0. The Bertz CT molecular complexity index is 217. The second kappa shape index (κ2) is 5.58. The van der Waals surface area contributed by atoms with Crippen molar-refractivity contribution in [2.75, 3.05) is 0 Å². The first-order valence-electron chi connectivity index (χ1n) is 5.48. The fourth-order valence-corrected chi connectivity index (χ4v) is 1.82. The third kappa shape index (κ3) is 5.46. The minimum absolute atomic E-state index is 0.154. The lowest BCUT2D eigenvalue weighted by molar-refractivity contribution is 0.0863. The van der Waals surface area contributed by atoms with Gasteiger partial charge in [-0.05, 0) is 12.3 Å². The van der Waals surface area contributed by atoms with E-state index in [0.29, 0.717) is 5.92 Å². The SMILES string of the molecule is CC[C@H](C#C[Si](C)(C)C)[C@H](O)C(C)C. The first-order chi connectivity index (χ1) is 6.28. The monoisotopic (exact) mass is 212 g/mol. The molecule has 0 radical (unpaired) electrons. The van der Waals surface area contributed by atoms with Crippen LogP contribution in [-0.4, -0.2) is 19.3 Å². The quantitative estimate of drug-likeness (QED) is 0.563. The summed E-state index contributed by atoms with van der Waals surface area (Å²) >= 11 is 0. The summed E-state index contributed by atoms with van der Waals surface area (Å²) in [4.78, 5) is 0. The maximum Gasteiger partial charge on any atom is 0.129 e. The summed E-state index contributed by atoms with van der Waals surface area (Å²) < 4.78 is 0. The van der Waals surface area contributed by atoms with E-state index >= 15 is 0 Å². The van der Waals surface area contributed by atoms with Gasteiger partial charge in [0.1, 0.15) is 8.07 Å². The van der Waals surface area contributed by atoms with Crippen molar-refractivity contribution in [1.29, 1.82) is 0 Å². The lowest BCUT2D eigenvalue weighted by atomic mass is 9.92. The van der Waals surface area contributed by atoms with Gasteiger partial charge in [-0.15, -0.1) is 11.5 Å². The molecule has 2 atom stereocenters. The third-order valence-corrected chi connectivity index (χ3v) is 3.06. The van der Waals surface area contributed by atoms with Crippen molar-refractivity contribution in [3.63, 3.8) is 0 Å². The zero-order chi connectivity index (χ0) is 11.4. The molecule has 14 heavy (non-hydrogen) atoms. The molecule has 0 saturated heterocycles. The van der Waals surface area contributed by atoms with Crippen LogP contribution in [-0.2, 0) is 0 Å². The van der Waals surface area contributed by atoms with Gasteiger partial charge in [-0.25, -0.2) is 0 Å². The molecular weight excluding hydrogens is 188 g/mol. The van der Waals surface area contributed by atoms with E-state index in [2.05, 4.69) is 38.0 Å². The molecule has 0 aliphatic heterocycles. The lowest BCUT2D eigenvalue weighted by Crippen LogP contribution is -2.25. The van der Waals surface area contributed by atoms with E-state index in [1.165, 1.54) is 0 Å². The number of aliphatic hydroxyl groups excluding tert-OH is 1. The highest BCUT2D eigenvalue weighted by molar-refractivity contribution is 6.83. The van der Waals surface area contributed by atoms with E-state index in [-0.39, 0.29) is 12.0 Å². The van der Waals surface area contributed by atoms with Crippen molar-refractivity contribution in [1.82, 2.24) is 0 Å². The van der Waals surface area contributed by atoms with Crippen LogP contribution >= 0.6 is 0 Å². The molecule has 0 aromatic carbocycles. The van der Waals surface area contributed by atoms with Crippen molar-refractivity contribution in [2.45, 2.75) is 52.9 Å². The first kappa shape index (κ1) is 13.7. The first-order valence-corrected chi connectivity index (χ1v) is 8.98. The van der Waals surface area contributed by atoms with Crippen LogP contribution in [0.15, 0.2) is 0 Å². The number of rotatable bonds is 3. The summed E-state index contributed by atoms with van der Waals surface area (Å²) in [7, 11) is -1.29. The molecule has 1 N–H and O–H groups in total. The smallest absolute Gasteiger partial charge is 0.129 e. The Morgan fingerprint density at radius 3 is 2.00 bits per heavy atom. The van der Waals surface area contributed by atoms with Gasteiger partial charge < -0.3 is 5.11 Å². The summed E-state index contributed by atoms with van der Waals surface area (Å²) in [5, 5.41) is 9.90. The fourth-order valence-electron chi connectivity index (χ4n) is 1.20. The largest absolute Gasteiger partial charge is 0.392 e. The van der Waals surface area contributed by atoms with Crippen LogP contribution in [0.25, 0.3) is 0 Å². The Balaban J connectivity index is 4.49. The van der Waals surface area contributed by atoms with Gasteiger partial charge in [0.05, 0.1) is 6.10 Å². The average Bonchev–Trinajstić information content (AvgIpc) is 2.02. The third-order valence-electron chi connectivity index (χ3n) is 2.17. The molecule has 82 valence electrons. The molecule has 0 aliphatic carbocycles. The predicted molar refractivity (Wildman–Crippen MR) is 65.7 cm³/mol. The summed E-state index contributed by atoms with van der Waals surface area (Å²) in [5.74, 6) is 3.71. The Kier molecular flexibility index (Phi) is 5.47. The van der Waals surface area contributed by atoms with Crippen molar-refractivity contribution < 1.29 is 5.11 Å². The van der Waals surface area contributed by atoms with E-state index in [9.17, 15) is 5.11 Å². The summed E-state index contributed by atoms with van der Waals surface area (Å²) in [6.45, 7) is 12.9. The van der Waals surface area contributed by atoms with Crippen molar-refractivity contribution in [3.05, 3.63) is 0 Å². The van der Waals surface area contributed by atoms with Crippen LogP contribution < -0.4 is 0 Å². The van der Waals surface area contributed by atoms with E-state index in [1.807, 2.05) is 13.8 Å². The molecule has 0 heterocycles. The van der Waals surface area contributed by atoms with Crippen LogP contribution in [0.2, 0.25) is 19.6 Å². The Hall–Kier alpha value is -0.263. The molecule has 0 aromatic rings. The summed E-state index contributed by atoms with van der Waals surface area (Å²) in [6.07, 6.45) is 0.667. The van der Waals surface area contributed by atoms with Crippen LogP contribution in [0.1, 0.15) is 27.2 Å². The second-order valence-electron chi connectivity index (χ2n) is 5.27. The molecule has 0 aliphatic rings. The van der Waals surface area contributed by atoms with Gasteiger partial charge in [-0.1, -0.05) is 40.4 Å². The highest BCUT2D eigenvalue weighted by atomic mass is 28.3. The minimum Gasteiger partial charge on any atom is -0.392 e. The van der Waals surface area contributed by atoms with Crippen molar-refractivity contribution in [2.24, 2.45) is 11.8 Å². The van der Waals surface area contributed by atoms with Crippen molar-refractivity contribution >= 4 is 8.07 Å². The molecule has 0 amide bonds. The number of aliphatic hydroxyl groups is 1. The van der Waals surface area contributed by atoms with Gasteiger partial charge in [-0.2, -0.15) is 0 Å². The zero-order valence-electron chi connectivity index (χ0n) is 10.4. The van der Waals surface area contributed by atoms with Gasteiger partial charge in [0.25, 0.3) is 0 Å². The molecule has 0 fully saturated rings. The Labute approximate surface area is 89.9 Å². The summed E-state index contributed by atoms with van der Waals surface area (Å²) in [5.41, 5.74) is 3.34. The van der Waals surface area contributed by atoms with E-state index < -0.39 is 8.07 Å². The van der Waals surface area contributed by atoms with Gasteiger partial charge in [0.15, 0.2) is 0 Å². The maximum absolute atomic E-state index is 9.90. The van der Waals surface area contributed by atoms with E-state index in [1.54, 1.807) is 0 Å². The van der Waals surface area contributed by atoms with Crippen molar-refractivity contribution in [3.8, 4) is 11.5 Å². The highest BCUT2D eigenvalue weighted by Gasteiger charge is 2.19. The Morgan fingerprint density at radius 2 is 1.71 bits per heavy atom. The zero-order valence-corrected chi connectivity index (χ0v) is 11.4. The molecule has 0 rings (SSSR count). The minimum atomic E-state index is -1.29. The summed E-state index contributed by atoms with van der Waals surface area (Å²) in [6, 6.07) is 0. The van der Waals surface area contributed by atoms with Crippen LogP contribution in [0.3, 0.4) is 0 Å². The maximum atomic E-state index is 9.90. The fraction of sp³-hybridized carbons (Fsp3) is 0.833. The second-order valence-corrected chi connectivity index (χ2v) is 10.0. The molecule has 0 unspecified atom stereocenters. The van der Waals surface area contributed by atoms with E-state index in [0.717, 1.165) is 6.42 Å². The van der Waals surface area contributed by atoms with Gasteiger partial charge in [-0.3, -0.25) is 0 Å². The number of hydrogen-bond acceptors (Lipinski definition) is 1. The molecule has 2 heteroatoms. The highest BCUT2D eigenvalue weighted by Crippen LogP contribution is 2.15. The van der Waals surface area contributed by atoms with Gasteiger partial charge >= 0.3 is 0 Å². The lowest BCUT2D eigenvalue weighted by Gasteiger charge is -2.20. The van der Waals surface area contributed by atoms with Crippen LogP contribution in [0.4, 0.5) is 0 Å². The standard InChI is InChI=1S/C12H24OSi/c1-7-11(12(13)10(2)3)8-9-14(4,5)6/h10-13H,7H2,1-6H3/t11-,12-/m1/s1. The Morgan fingerprint density at radius 1 is 1.21 bits per heavy atom. The molecule has 0 saturated carbocycles. The molecular formula is C12H24OSi. The van der Waals surface area contributed by atoms with Gasteiger partial charge in [0.2, 0.25) is 0 Å². The molecule has 0 aromatic heterocycles. The van der Waals surface area contributed by atoms with E-state index in [4.69, 9.17) is 0 Å². The molecule has 0 spiro atoms. The number of hydrogen-bond donors (Lipinski definition) is 1. The van der Waals surface area contributed by atoms with Gasteiger partial charge in [0, 0.05) is 5.92 Å². The van der Waals surface area contributed by atoms with Crippen LogP contribution in [0, 0.1) is 23.3 Å². The molecule has 0 bridgehead atoms. The molecule has 1 nitrogen and oxygen atoms in total. The predicted octanol–water partition coefficient (Wildman–Crippen LogP) is 2.91. The average molecular weight is 212 g/mol. The van der Waals surface area contributed by atoms with Crippen LogP contribution in [0.5, 0.6) is 0 Å².